The molecule has 2 heterocycles. The molecule has 5 rings (SSSR count). The summed E-state index contributed by atoms with van der Waals surface area (Å²) in [6.07, 6.45) is 3.34. The summed E-state index contributed by atoms with van der Waals surface area (Å²) in [5.41, 5.74) is 7.38. The fourth-order valence-electron chi connectivity index (χ4n) is 4.40. The number of amides is 1. The number of carbonyl (C=O) groups is 1. The molecule has 0 atom stereocenters. The quantitative estimate of drug-likeness (QED) is 0.225. The van der Waals surface area contributed by atoms with Gasteiger partial charge in [-0.2, -0.15) is 13.5 Å². The summed E-state index contributed by atoms with van der Waals surface area (Å²) in [6, 6.07) is 18.6. The predicted molar refractivity (Wildman–Crippen MR) is 163 cm³/mol. The number of nitrogens with one attached hydrogen (secondary N) is 1. The van der Waals surface area contributed by atoms with Crippen molar-refractivity contribution in [3.05, 3.63) is 98.6 Å². The largest absolute Gasteiger partial charge is 0.294 e. The number of aromatic nitrogens is 2. The average molecular weight is 636 g/mol. The van der Waals surface area contributed by atoms with E-state index in [9.17, 15) is 13.2 Å². The molecule has 0 aliphatic carbocycles. The molecule has 41 heavy (non-hydrogen) atoms. The predicted octanol–water partition coefficient (Wildman–Crippen LogP) is 7.18. The van der Waals surface area contributed by atoms with Crippen LogP contribution in [0.4, 0.5) is 0 Å². The fourth-order valence-corrected chi connectivity index (χ4v) is 5.49. The highest BCUT2D eigenvalue weighted by Gasteiger charge is 2.25. The van der Waals surface area contributed by atoms with E-state index in [4.69, 9.17) is 39.4 Å². The third-order valence-corrected chi connectivity index (χ3v) is 8.19. The van der Waals surface area contributed by atoms with Crippen molar-refractivity contribution in [2.24, 2.45) is 0 Å². The van der Waals surface area contributed by atoms with Crippen LogP contribution in [0.1, 0.15) is 40.9 Å². The van der Waals surface area contributed by atoms with Gasteiger partial charge in [0, 0.05) is 34.3 Å². The SMILES string of the molecule is Cc1c(C(=O)NN2CCCCC2)nn(-c2ccc(Cl)cc2Cl)c1-c1ccc(Cl)cc1.Cc1ccc(S(=O)(=O)O)cc1. The van der Waals surface area contributed by atoms with Crippen LogP contribution in [-0.2, 0) is 10.1 Å². The molecule has 1 aromatic heterocycles. The van der Waals surface area contributed by atoms with Gasteiger partial charge in [0.25, 0.3) is 16.0 Å². The Balaban J connectivity index is 0.000000296. The van der Waals surface area contributed by atoms with Gasteiger partial charge in [0.15, 0.2) is 5.69 Å². The molecular weight excluding hydrogens is 607 g/mol. The second-order valence-electron chi connectivity index (χ2n) is 9.61. The second kappa shape index (κ2) is 13.4. The zero-order valence-corrected chi connectivity index (χ0v) is 25.5. The molecule has 12 heteroatoms. The fraction of sp³-hybridized carbons (Fsp3) is 0.241. The molecule has 3 aromatic carbocycles. The summed E-state index contributed by atoms with van der Waals surface area (Å²) < 4.78 is 31.2. The van der Waals surface area contributed by atoms with Gasteiger partial charge in [-0.25, -0.2) is 9.69 Å². The first-order valence-electron chi connectivity index (χ1n) is 12.8. The van der Waals surface area contributed by atoms with Gasteiger partial charge in [-0.3, -0.25) is 14.8 Å². The van der Waals surface area contributed by atoms with Crippen LogP contribution in [0.5, 0.6) is 0 Å². The maximum atomic E-state index is 13.1. The highest BCUT2D eigenvalue weighted by Crippen LogP contribution is 2.33. The topological polar surface area (TPSA) is 105 Å². The minimum Gasteiger partial charge on any atom is -0.283 e. The number of benzene rings is 3. The maximum Gasteiger partial charge on any atom is 0.294 e. The molecule has 1 fully saturated rings. The normalized spacial score (nSPS) is 13.8. The lowest BCUT2D eigenvalue weighted by atomic mass is 10.1. The van der Waals surface area contributed by atoms with Gasteiger partial charge in [-0.15, -0.1) is 0 Å². The lowest BCUT2D eigenvalue weighted by Gasteiger charge is -2.26. The minimum absolute atomic E-state index is 0.0666. The number of hydrogen-bond acceptors (Lipinski definition) is 5. The van der Waals surface area contributed by atoms with Crippen LogP contribution in [0.3, 0.4) is 0 Å². The summed E-state index contributed by atoms with van der Waals surface area (Å²) in [7, 11) is -4.02. The molecule has 0 radical (unpaired) electrons. The number of piperidine rings is 1. The Morgan fingerprint density at radius 1 is 0.878 bits per heavy atom. The summed E-state index contributed by atoms with van der Waals surface area (Å²) >= 11 is 18.6. The van der Waals surface area contributed by atoms with Crippen molar-refractivity contribution in [1.29, 1.82) is 0 Å². The van der Waals surface area contributed by atoms with Crippen LogP contribution in [0.15, 0.2) is 71.6 Å². The Morgan fingerprint density at radius 3 is 2.07 bits per heavy atom. The molecule has 1 aliphatic heterocycles. The summed E-state index contributed by atoms with van der Waals surface area (Å²) in [5, 5.41) is 8.22. The number of carbonyl (C=O) groups excluding carboxylic acids is 1. The Labute approximate surface area is 254 Å². The molecule has 0 unspecified atom stereocenters. The highest BCUT2D eigenvalue weighted by molar-refractivity contribution is 7.85. The van der Waals surface area contributed by atoms with E-state index in [1.807, 2.05) is 43.1 Å². The van der Waals surface area contributed by atoms with E-state index in [0.29, 0.717) is 26.4 Å². The Bertz CT molecular complexity index is 1630. The van der Waals surface area contributed by atoms with E-state index in [1.54, 1.807) is 35.0 Å². The molecule has 4 aromatic rings. The summed E-state index contributed by atoms with van der Waals surface area (Å²) in [4.78, 5) is 13.0. The number of rotatable bonds is 5. The van der Waals surface area contributed by atoms with Gasteiger partial charge in [-0.05, 0) is 69.2 Å². The maximum absolute atomic E-state index is 13.1. The first-order valence-corrected chi connectivity index (χ1v) is 15.4. The van der Waals surface area contributed by atoms with Gasteiger partial charge in [0.2, 0.25) is 0 Å². The van der Waals surface area contributed by atoms with Gasteiger partial charge in [-0.1, -0.05) is 71.1 Å². The van der Waals surface area contributed by atoms with Crippen LogP contribution in [0.25, 0.3) is 16.9 Å². The lowest BCUT2D eigenvalue weighted by molar-refractivity contribution is 0.0743. The molecule has 1 amide bonds. The van der Waals surface area contributed by atoms with Crippen molar-refractivity contribution in [1.82, 2.24) is 20.2 Å². The molecule has 2 N–H and O–H groups in total. The minimum atomic E-state index is -4.02. The van der Waals surface area contributed by atoms with Crippen LogP contribution in [0.2, 0.25) is 15.1 Å². The monoisotopic (exact) mass is 634 g/mol. The van der Waals surface area contributed by atoms with Crippen LogP contribution in [-0.4, -0.2) is 46.8 Å². The zero-order chi connectivity index (χ0) is 29.7. The third-order valence-electron chi connectivity index (χ3n) is 6.53. The Morgan fingerprint density at radius 2 is 1.49 bits per heavy atom. The molecule has 0 spiro atoms. The summed E-state index contributed by atoms with van der Waals surface area (Å²) in [6.45, 7) is 5.42. The van der Waals surface area contributed by atoms with Crippen molar-refractivity contribution >= 4 is 50.8 Å². The van der Waals surface area contributed by atoms with Crippen LogP contribution in [0, 0.1) is 13.8 Å². The van der Waals surface area contributed by atoms with Crippen molar-refractivity contribution in [2.75, 3.05) is 13.1 Å². The average Bonchev–Trinajstić information content (AvgIpc) is 3.26. The molecule has 0 saturated carbocycles. The van der Waals surface area contributed by atoms with E-state index in [1.165, 1.54) is 18.6 Å². The number of hydrazine groups is 1. The van der Waals surface area contributed by atoms with Crippen molar-refractivity contribution in [2.45, 2.75) is 38.0 Å². The lowest BCUT2D eigenvalue weighted by Crippen LogP contribution is -2.45. The number of halogens is 3. The van der Waals surface area contributed by atoms with Gasteiger partial charge < -0.3 is 0 Å². The number of nitrogens with zero attached hydrogens (tertiary/aromatic N) is 3. The van der Waals surface area contributed by atoms with Crippen molar-refractivity contribution in [3.8, 4) is 16.9 Å². The van der Waals surface area contributed by atoms with E-state index < -0.39 is 10.1 Å². The number of aryl methyl sites for hydroxylation is 1. The van der Waals surface area contributed by atoms with Gasteiger partial charge in [0.1, 0.15) is 0 Å². The molecule has 1 aliphatic rings. The van der Waals surface area contributed by atoms with Crippen molar-refractivity contribution < 1.29 is 17.8 Å². The second-order valence-corrected chi connectivity index (χ2v) is 12.3. The molecule has 8 nitrogen and oxygen atoms in total. The Kier molecular flexibility index (Phi) is 10.1. The first kappa shape index (κ1) is 31.0. The smallest absolute Gasteiger partial charge is 0.283 e. The van der Waals surface area contributed by atoms with E-state index in [-0.39, 0.29) is 10.8 Å². The van der Waals surface area contributed by atoms with E-state index in [2.05, 4.69) is 10.5 Å². The van der Waals surface area contributed by atoms with Crippen LogP contribution >= 0.6 is 34.8 Å². The van der Waals surface area contributed by atoms with Gasteiger partial charge >= 0.3 is 0 Å². The Hall–Kier alpha value is -2.92. The molecule has 1 saturated heterocycles. The first-order chi connectivity index (χ1) is 19.4. The zero-order valence-electron chi connectivity index (χ0n) is 22.4. The van der Waals surface area contributed by atoms with E-state index in [0.717, 1.165) is 48.3 Å². The standard InChI is InChI=1S/C22H21Cl3N4O.C7H8O3S/c1-14-20(22(30)27-28-11-3-2-4-12-28)26-29(19-10-9-17(24)13-18(19)25)21(14)15-5-7-16(23)8-6-15;1-6-2-4-7(5-3-6)11(8,9)10/h5-10,13H,2-4,11-12H2,1H3,(H,27,30);2-5H,1H3,(H,8,9,10). The van der Waals surface area contributed by atoms with Gasteiger partial charge in [0.05, 0.1) is 21.3 Å². The number of hydrogen-bond donors (Lipinski definition) is 2. The molecule has 216 valence electrons. The van der Waals surface area contributed by atoms with E-state index >= 15 is 0 Å². The van der Waals surface area contributed by atoms with Crippen molar-refractivity contribution in [3.63, 3.8) is 0 Å². The molecular formula is C29H29Cl3N4O4S. The highest BCUT2D eigenvalue weighted by atomic mass is 35.5. The molecule has 0 bridgehead atoms. The summed E-state index contributed by atoms with van der Waals surface area (Å²) in [5.74, 6) is -0.228. The third kappa shape index (κ3) is 7.88. The van der Waals surface area contributed by atoms with Crippen LogP contribution < -0.4 is 5.43 Å².